The van der Waals surface area contributed by atoms with Gasteiger partial charge < -0.3 is 19.7 Å². The summed E-state index contributed by atoms with van der Waals surface area (Å²) in [5.74, 6) is -0.304. The first kappa shape index (κ1) is 18.9. The predicted octanol–water partition coefficient (Wildman–Crippen LogP) is 3.81. The van der Waals surface area contributed by atoms with Crippen molar-refractivity contribution in [3.05, 3.63) is 54.1 Å². The lowest BCUT2D eigenvalue weighted by molar-refractivity contribution is -0.274. The normalized spacial score (nSPS) is 17.1. The minimum atomic E-state index is -4.81. The Kier molecular flexibility index (Phi) is 5.43. The number of anilines is 1. The lowest BCUT2D eigenvalue weighted by atomic mass is 10.2. The monoisotopic (exact) mass is 380 g/mol. The molecule has 2 aromatic carbocycles. The Hall–Kier alpha value is -2.90. The zero-order valence-corrected chi connectivity index (χ0v) is 14.6. The molecule has 0 aromatic heterocycles. The van der Waals surface area contributed by atoms with E-state index in [1.807, 2.05) is 30.3 Å². The van der Waals surface area contributed by atoms with Crippen LogP contribution in [0.25, 0.3) is 0 Å². The van der Waals surface area contributed by atoms with Gasteiger partial charge in [-0.05, 0) is 12.0 Å². The van der Waals surface area contributed by atoms with Crippen molar-refractivity contribution in [1.82, 2.24) is 4.90 Å². The van der Waals surface area contributed by atoms with Gasteiger partial charge in [0.25, 0.3) is 0 Å². The summed E-state index contributed by atoms with van der Waals surface area (Å²) in [5.41, 5.74) is 1.35. The van der Waals surface area contributed by atoms with Crippen LogP contribution in [0.1, 0.15) is 12.0 Å². The van der Waals surface area contributed by atoms with Gasteiger partial charge in [-0.15, -0.1) is 13.2 Å². The minimum Gasteiger partial charge on any atom is -0.497 e. The zero-order chi connectivity index (χ0) is 19.4. The first-order valence-electron chi connectivity index (χ1n) is 8.38. The lowest BCUT2D eigenvalue weighted by Gasteiger charge is -2.18. The number of carbonyl (C=O) groups is 1. The molecule has 2 aromatic rings. The second-order valence-electron chi connectivity index (χ2n) is 6.18. The van der Waals surface area contributed by atoms with Crippen molar-refractivity contribution >= 4 is 11.6 Å². The molecule has 144 valence electrons. The Morgan fingerprint density at radius 3 is 2.52 bits per heavy atom. The molecule has 0 spiro atoms. The number of likely N-dealkylation sites (tertiary alicyclic amines) is 1. The second kappa shape index (κ2) is 7.77. The van der Waals surface area contributed by atoms with Crippen molar-refractivity contribution in [3.8, 4) is 11.5 Å². The Bertz CT molecular complexity index is 797. The number of hydrogen-bond donors (Lipinski definition) is 1. The third kappa shape index (κ3) is 5.06. The highest BCUT2D eigenvalue weighted by atomic mass is 19.4. The fourth-order valence-electron chi connectivity index (χ4n) is 3.00. The molecule has 1 saturated heterocycles. The van der Waals surface area contributed by atoms with E-state index in [0.717, 1.165) is 11.6 Å². The van der Waals surface area contributed by atoms with E-state index in [0.29, 0.717) is 25.2 Å². The van der Waals surface area contributed by atoms with Crippen LogP contribution in [0.5, 0.6) is 11.5 Å². The van der Waals surface area contributed by atoms with Crippen LogP contribution in [-0.4, -0.2) is 36.9 Å². The molecule has 0 aliphatic carbocycles. The fourth-order valence-corrected chi connectivity index (χ4v) is 3.00. The summed E-state index contributed by atoms with van der Waals surface area (Å²) in [4.78, 5) is 14.3. The Morgan fingerprint density at radius 1 is 1.15 bits per heavy atom. The SMILES string of the molecule is COc1cc(NC2CCN(Cc3ccccc3)C2=O)cc(OC(F)(F)F)c1. The van der Waals surface area contributed by atoms with E-state index < -0.39 is 18.2 Å². The molecule has 0 bridgehead atoms. The topological polar surface area (TPSA) is 50.8 Å². The molecule has 1 unspecified atom stereocenters. The maximum absolute atomic E-state index is 12.6. The summed E-state index contributed by atoms with van der Waals surface area (Å²) < 4.78 is 46.4. The van der Waals surface area contributed by atoms with Gasteiger partial charge in [0, 0.05) is 37.0 Å². The maximum atomic E-state index is 12.6. The molecule has 1 atom stereocenters. The summed E-state index contributed by atoms with van der Waals surface area (Å²) >= 11 is 0. The zero-order valence-electron chi connectivity index (χ0n) is 14.6. The van der Waals surface area contributed by atoms with Gasteiger partial charge in [-0.25, -0.2) is 0 Å². The Balaban J connectivity index is 1.69. The lowest BCUT2D eigenvalue weighted by Crippen LogP contribution is -2.33. The standard InChI is InChI=1S/C19H19F3N2O3/c1-26-15-9-14(10-16(11-15)27-19(20,21)22)23-17-7-8-24(18(17)25)12-13-5-3-2-4-6-13/h2-6,9-11,17,23H,7-8,12H2,1H3. The van der Waals surface area contributed by atoms with Gasteiger partial charge in [0.2, 0.25) is 5.91 Å². The molecule has 3 rings (SSSR count). The van der Waals surface area contributed by atoms with Gasteiger partial charge in [0.15, 0.2) is 0 Å². The average molecular weight is 380 g/mol. The molecular formula is C19H19F3N2O3. The number of carbonyl (C=O) groups excluding carboxylic acids is 1. The molecule has 27 heavy (non-hydrogen) atoms. The molecular weight excluding hydrogens is 361 g/mol. The van der Waals surface area contributed by atoms with E-state index in [-0.39, 0.29) is 11.7 Å². The van der Waals surface area contributed by atoms with E-state index >= 15 is 0 Å². The van der Waals surface area contributed by atoms with Gasteiger partial charge in [-0.1, -0.05) is 30.3 Å². The first-order valence-corrected chi connectivity index (χ1v) is 8.38. The Labute approximate surface area is 154 Å². The number of ether oxygens (including phenoxy) is 2. The number of amides is 1. The molecule has 5 nitrogen and oxygen atoms in total. The van der Waals surface area contributed by atoms with Crippen LogP contribution >= 0.6 is 0 Å². The van der Waals surface area contributed by atoms with Crippen molar-refractivity contribution in [2.75, 3.05) is 19.0 Å². The molecule has 8 heteroatoms. The predicted molar refractivity (Wildman–Crippen MR) is 93.6 cm³/mol. The van der Waals surface area contributed by atoms with Crippen molar-refractivity contribution in [1.29, 1.82) is 0 Å². The highest BCUT2D eigenvalue weighted by Gasteiger charge is 2.33. The summed E-state index contributed by atoms with van der Waals surface area (Å²) in [6.45, 7) is 1.07. The largest absolute Gasteiger partial charge is 0.573 e. The van der Waals surface area contributed by atoms with Gasteiger partial charge in [-0.3, -0.25) is 4.79 Å². The molecule has 1 aliphatic heterocycles. The summed E-state index contributed by atoms with van der Waals surface area (Å²) in [6, 6.07) is 12.9. The van der Waals surface area contributed by atoms with E-state index in [9.17, 15) is 18.0 Å². The van der Waals surface area contributed by atoms with Crippen molar-refractivity contribution in [2.45, 2.75) is 25.4 Å². The smallest absolute Gasteiger partial charge is 0.497 e. The second-order valence-corrected chi connectivity index (χ2v) is 6.18. The fraction of sp³-hybridized carbons (Fsp3) is 0.316. The van der Waals surface area contributed by atoms with E-state index in [1.54, 1.807) is 4.90 Å². The van der Waals surface area contributed by atoms with Gasteiger partial charge in [-0.2, -0.15) is 0 Å². The number of nitrogens with zero attached hydrogens (tertiary/aromatic N) is 1. The number of benzene rings is 2. The number of rotatable bonds is 6. The summed E-state index contributed by atoms with van der Waals surface area (Å²) in [7, 11) is 1.35. The van der Waals surface area contributed by atoms with Crippen LogP contribution in [0.2, 0.25) is 0 Å². The van der Waals surface area contributed by atoms with E-state index in [1.165, 1.54) is 19.2 Å². The third-order valence-electron chi connectivity index (χ3n) is 4.20. The summed E-state index contributed by atoms with van der Waals surface area (Å²) in [6.07, 6.45) is -4.25. The summed E-state index contributed by atoms with van der Waals surface area (Å²) in [5, 5.41) is 2.99. The van der Waals surface area contributed by atoms with Gasteiger partial charge in [0.1, 0.15) is 17.5 Å². The molecule has 0 radical (unpaired) electrons. The van der Waals surface area contributed by atoms with Crippen LogP contribution in [0.3, 0.4) is 0 Å². The van der Waals surface area contributed by atoms with Crippen LogP contribution in [0.15, 0.2) is 48.5 Å². The van der Waals surface area contributed by atoms with Crippen LogP contribution in [0.4, 0.5) is 18.9 Å². The molecule has 1 heterocycles. The highest BCUT2D eigenvalue weighted by molar-refractivity contribution is 5.86. The van der Waals surface area contributed by atoms with Crippen molar-refractivity contribution < 1.29 is 27.4 Å². The Morgan fingerprint density at radius 2 is 1.85 bits per heavy atom. The minimum absolute atomic E-state index is 0.0973. The quantitative estimate of drug-likeness (QED) is 0.828. The maximum Gasteiger partial charge on any atom is 0.573 e. The molecule has 1 N–H and O–H groups in total. The van der Waals surface area contributed by atoms with Crippen molar-refractivity contribution in [3.63, 3.8) is 0 Å². The number of alkyl halides is 3. The number of methoxy groups -OCH3 is 1. The molecule has 1 amide bonds. The molecule has 0 saturated carbocycles. The number of halogens is 3. The van der Waals surface area contributed by atoms with E-state index in [2.05, 4.69) is 10.1 Å². The van der Waals surface area contributed by atoms with Gasteiger partial charge >= 0.3 is 6.36 Å². The number of nitrogens with one attached hydrogen (secondary N) is 1. The third-order valence-corrected chi connectivity index (χ3v) is 4.20. The van der Waals surface area contributed by atoms with E-state index in [4.69, 9.17) is 4.74 Å². The van der Waals surface area contributed by atoms with Crippen LogP contribution in [-0.2, 0) is 11.3 Å². The number of hydrogen-bond acceptors (Lipinski definition) is 4. The molecule has 1 aliphatic rings. The van der Waals surface area contributed by atoms with Gasteiger partial charge in [0.05, 0.1) is 7.11 Å². The van der Waals surface area contributed by atoms with Crippen molar-refractivity contribution in [2.24, 2.45) is 0 Å². The first-order chi connectivity index (χ1) is 12.8. The van der Waals surface area contributed by atoms with Crippen LogP contribution in [0, 0.1) is 0 Å². The van der Waals surface area contributed by atoms with Crippen LogP contribution < -0.4 is 14.8 Å². The average Bonchev–Trinajstić information content (AvgIpc) is 2.94. The molecule has 1 fully saturated rings. The highest BCUT2D eigenvalue weighted by Crippen LogP contribution is 2.31.